The molecule has 6 rings (SSSR count). The second kappa shape index (κ2) is 11.7. The smallest absolute Gasteiger partial charge is 0.355 e. The van der Waals surface area contributed by atoms with Crippen LogP contribution >= 0.6 is 0 Å². The van der Waals surface area contributed by atoms with Gasteiger partial charge in [0.05, 0.1) is 0 Å². The van der Waals surface area contributed by atoms with Crippen LogP contribution in [0, 0.1) is 11.5 Å². The number of pyridine rings is 1. The summed E-state index contributed by atoms with van der Waals surface area (Å²) >= 11 is 0. The quantitative estimate of drug-likeness (QED) is 0.109. The van der Waals surface area contributed by atoms with Gasteiger partial charge in [0.25, 0.3) is 0 Å². The zero-order valence-electron chi connectivity index (χ0n) is 27.0. The number of benzene rings is 5. The second-order valence-corrected chi connectivity index (χ2v) is 18.8. The summed E-state index contributed by atoms with van der Waals surface area (Å²) in [5, 5.41) is 27.8. The lowest BCUT2D eigenvalue weighted by atomic mass is 9.94. The molecule has 0 aliphatic carbocycles. The normalized spacial score (nSPS) is 12.0. The Hall–Kier alpha value is -4.99. The Bertz CT molecular complexity index is 2250. The number of rotatable bonds is 6. The molecule has 2 N–H and O–H groups in total. The van der Waals surface area contributed by atoms with Gasteiger partial charge in [-0.05, 0) is 126 Å². The largest absolute Gasteiger partial charge is 0.477 e. The van der Waals surface area contributed by atoms with Crippen LogP contribution in [-0.2, 0) is 0 Å². The molecule has 0 radical (unpaired) electrons. The fraction of sp³-hybridized carbons (Fsp3) is 0.225. The van der Waals surface area contributed by atoms with Crippen LogP contribution in [-0.4, -0.2) is 35.2 Å². The molecule has 1 aromatic heterocycles. The maximum absolute atomic E-state index is 11.9. The highest BCUT2D eigenvalue weighted by atomic mass is 28.3. The first-order valence-electron chi connectivity index (χ1n) is 15.7. The zero-order valence-corrected chi connectivity index (χ0v) is 28.0. The molecule has 0 saturated carbocycles. The number of hydrogen-bond donors (Lipinski definition) is 2. The molecule has 46 heavy (non-hydrogen) atoms. The van der Waals surface area contributed by atoms with Gasteiger partial charge in [0.2, 0.25) is 0 Å². The van der Waals surface area contributed by atoms with Crippen LogP contribution < -0.4 is 0 Å². The topological polar surface area (TPSA) is 87.5 Å². The summed E-state index contributed by atoms with van der Waals surface area (Å²) in [5.74, 6) is 1.14. The molecule has 1 heterocycles. The van der Waals surface area contributed by atoms with E-state index in [-0.39, 0.29) is 11.4 Å². The van der Waals surface area contributed by atoms with E-state index in [0.29, 0.717) is 27.8 Å². The average Bonchev–Trinajstić information content (AvgIpc) is 3.01. The van der Waals surface area contributed by atoms with Crippen molar-refractivity contribution in [1.29, 1.82) is 0 Å². The lowest BCUT2D eigenvalue weighted by molar-refractivity contribution is 0.0685. The minimum Gasteiger partial charge on any atom is -0.477 e. The first-order chi connectivity index (χ1) is 21.9. The van der Waals surface area contributed by atoms with Crippen LogP contribution in [0.5, 0.6) is 0 Å². The van der Waals surface area contributed by atoms with Gasteiger partial charge in [0.15, 0.2) is 5.69 Å². The summed E-state index contributed by atoms with van der Waals surface area (Å²) in [4.78, 5) is 27.2. The van der Waals surface area contributed by atoms with Gasteiger partial charge in [0.1, 0.15) is 13.8 Å². The molecule has 0 amide bonds. The van der Waals surface area contributed by atoms with Crippen molar-refractivity contribution in [2.24, 2.45) is 0 Å². The van der Waals surface area contributed by atoms with Crippen LogP contribution in [0.25, 0.3) is 54.2 Å². The third kappa shape index (κ3) is 5.31. The van der Waals surface area contributed by atoms with Gasteiger partial charge in [-0.3, -0.25) is 0 Å². The van der Waals surface area contributed by atoms with Crippen molar-refractivity contribution in [2.45, 2.75) is 58.2 Å². The molecule has 5 nitrogen and oxygen atoms in total. The molecule has 6 aromatic rings. The van der Waals surface area contributed by atoms with Gasteiger partial charge in [-0.15, -0.1) is 5.54 Å². The van der Waals surface area contributed by atoms with Gasteiger partial charge in [-0.25, -0.2) is 14.6 Å². The third-order valence-electron chi connectivity index (χ3n) is 9.66. The summed E-state index contributed by atoms with van der Waals surface area (Å²) in [7, 11) is -1.87. The molecule has 5 aromatic carbocycles. The van der Waals surface area contributed by atoms with Gasteiger partial charge >= 0.3 is 11.9 Å². The van der Waals surface area contributed by atoms with E-state index in [9.17, 15) is 19.8 Å². The molecule has 0 aliphatic heterocycles. The summed E-state index contributed by atoms with van der Waals surface area (Å²) < 4.78 is 0. The monoisotopic (exact) mass is 623 g/mol. The average molecular weight is 624 g/mol. The molecule has 0 atom stereocenters. The van der Waals surface area contributed by atoms with Gasteiger partial charge in [0, 0.05) is 11.1 Å². The standard InChI is InChI=1S/C40H37NO4Si/c1-23(2)46(24(3)4,25(5)6)15-14-26-8-7-9-28-17-32-20-33-19-30-18-29(35-12-13-37(39(42)43)41-38(35)40(44)45)11-10-27(30)16-31(33)21-34(32)22-36(26)28/h7-13,16-25H,1-6H3,(H,42,43)(H,44,45). The second-order valence-electron chi connectivity index (χ2n) is 13.2. The summed E-state index contributed by atoms with van der Waals surface area (Å²) in [5.41, 5.74) is 7.14. The predicted octanol–water partition coefficient (Wildman–Crippen LogP) is 10.3. The number of aromatic nitrogens is 1. The molecular weight excluding hydrogens is 587 g/mol. The van der Waals surface area contributed by atoms with Crippen molar-refractivity contribution in [2.75, 3.05) is 0 Å². The number of carboxylic acids is 2. The van der Waals surface area contributed by atoms with Crippen LogP contribution in [0.2, 0.25) is 16.6 Å². The Morgan fingerprint density at radius 3 is 1.78 bits per heavy atom. The molecule has 0 aliphatic rings. The molecule has 0 unspecified atom stereocenters. The minimum absolute atomic E-state index is 0.285. The van der Waals surface area contributed by atoms with E-state index in [1.165, 1.54) is 17.5 Å². The molecule has 6 heteroatoms. The number of aromatic carboxylic acids is 2. The van der Waals surface area contributed by atoms with Crippen molar-refractivity contribution < 1.29 is 19.8 Å². The van der Waals surface area contributed by atoms with Crippen molar-refractivity contribution in [3.63, 3.8) is 0 Å². The number of fused-ring (bicyclic) bond motifs is 4. The fourth-order valence-electron chi connectivity index (χ4n) is 7.39. The van der Waals surface area contributed by atoms with Crippen LogP contribution in [0.1, 0.15) is 68.1 Å². The molecule has 0 saturated heterocycles. The van der Waals surface area contributed by atoms with Crippen LogP contribution in [0.3, 0.4) is 0 Å². The third-order valence-corrected chi connectivity index (χ3v) is 15.9. The van der Waals surface area contributed by atoms with E-state index < -0.39 is 20.0 Å². The summed E-state index contributed by atoms with van der Waals surface area (Å²) in [6.45, 7) is 14.1. The number of carbonyl (C=O) groups is 2. The number of nitrogens with zero attached hydrogens (tertiary/aromatic N) is 1. The molecule has 0 spiro atoms. The van der Waals surface area contributed by atoms with E-state index in [1.54, 1.807) is 0 Å². The van der Waals surface area contributed by atoms with E-state index in [1.807, 2.05) is 18.2 Å². The Morgan fingerprint density at radius 1 is 0.630 bits per heavy atom. The van der Waals surface area contributed by atoms with E-state index in [2.05, 4.69) is 113 Å². The lowest BCUT2D eigenvalue weighted by Gasteiger charge is -2.38. The molecule has 0 bridgehead atoms. The first-order valence-corrected chi connectivity index (χ1v) is 18.0. The summed E-state index contributed by atoms with van der Waals surface area (Å²) in [6.07, 6.45) is 0. The maximum atomic E-state index is 11.9. The Morgan fingerprint density at radius 2 is 1.20 bits per heavy atom. The highest BCUT2D eigenvalue weighted by molar-refractivity contribution is 6.90. The minimum atomic E-state index is -1.87. The van der Waals surface area contributed by atoms with Crippen molar-refractivity contribution in [3.05, 3.63) is 102 Å². The molecule has 230 valence electrons. The zero-order chi connectivity index (χ0) is 32.9. The first kappa shape index (κ1) is 31.0. The van der Waals surface area contributed by atoms with E-state index in [0.717, 1.165) is 43.3 Å². The molecule has 0 fully saturated rings. The maximum Gasteiger partial charge on any atom is 0.355 e. The van der Waals surface area contributed by atoms with E-state index in [4.69, 9.17) is 0 Å². The Balaban J connectivity index is 1.47. The SMILES string of the molecule is CC(C)[Si](C#Cc1cccc2cc3cc4cc5cc(-c6ccc(C(=O)O)nc6C(=O)O)ccc5cc4cc3cc12)(C(C)C)C(C)C. The van der Waals surface area contributed by atoms with Crippen molar-refractivity contribution in [1.82, 2.24) is 4.98 Å². The van der Waals surface area contributed by atoms with Gasteiger partial charge in [-0.1, -0.05) is 71.7 Å². The Labute approximate surface area is 269 Å². The van der Waals surface area contributed by atoms with E-state index >= 15 is 0 Å². The number of hydrogen-bond acceptors (Lipinski definition) is 3. The van der Waals surface area contributed by atoms with Crippen LogP contribution in [0.4, 0.5) is 0 Å². The predicted molar refractivity (Wildman–Crippen MR) is 192 cm³/mol. The highest BCUT2D eigenvalue weighted by Gasteiger charge is 2.41. The van der Waals surface area contributed by atoms with Crippen molar-refractivity contribution in [3.8, 4) is 22.6 Å². The van der Waals surface area contributed by atoms with Crippen molar-refractivity contribution >= 4 is 63.1 Å². The number of carboxylic acid groups (broad SMARTS) is 2. The van der Waals surface area contributed by atoms with Crippen LogP contribution in [0.15, 0.2) is 84.9 Å². The lowest BCUT2D eigenvalue weighted by Crippen LogP contribution is -2.43. The van der Waals surface area contributed by atoms with Gasteiger partial charge in [-0.2, -0.15) is 0 Å². The highest BCUT2D eigenvalue weighted by Crippen LogP contribution is 2.41. The van der Waals surface area contributed by atoms with Gasteiger partial charge < -0.3 is 10.2 Å². The fourth-order valence-corrected chi connectivity index (χ4v) is 12.6. The Kier molecular flexibility index (Phi) is 7.91. The summed E-state index contributed by atoms with van der Waals surface area (Å²) in [6, 6.07) is 28.2. The molecular formula is C40H37NO4Si.